The third-order valence-electron chi connectivity index (χ3n) is 4.04. The van der Waals surface area contributed by atoms with E-state index in [1.54, 1.807) is 49.4 Å². The zero-order chi connectivity index (χ0) is 19.8. The molecule has 2 aromatic carbocycles. The lowest BCUT2D eigenvalue weighted by Gasteiger charge is -2.11. The predicted octanol–water partition coefficient (Wildman–Crippen LogP) is 3.80. The average Bonchev–Trinajstić information content (AvgIpc) is 3.22. The predicted molar refractivity (Wildman–Crippen MR) is 107 cm³/mol. The van der Waals surface area contributed by atoms with Crippen molar-refractivity contribution in [2.75, 3.05) is 27.4 Å². The summed E-state index contributed by atoms with van der Waals surface area (Å²) in [5.74, 6) is 0.950. The molecular weight excluding hydrogens is 356 g/mol. The minimum atomic E-state index is -0.130. The van der Waals surface area contributed by atoms with E-state index >= 15 is 0 Å². The van der Waals surface area contributed by atoms with Gasteiger partial charge in [0.25, 0.3) is 0 Å². The van der Waals surface area contributed by atoms with Crippen molar-refractivity contribution in [1.82, 2.24) is 9.78 Å². The largest absolute Gasteiger partial charge is 0.493 e. The Bertz CT molecular complexity index is 948. The van der Waals surface area contributed by atoms with Gasteiger partial charge < -0.3 is 14.2 Å². The Kier molecular flexibility index (Phi) is 6.59. The SMILES string of the molecule is COCCOc1ccc(C(=O)/C=C/c2cnn(-c3ccccc3)c2)cc1OC. The highest BCUT2D eigenvalue weighted by molar-refractivity contribution is 6.07. The summed E-state index contributed by atoms with van der Waals surface area (Å²) in [6.45, 7) is 0.884. The first kappa shape index (κ1) is 19.4. The van der Waals surface area contributed by atoms with E-state index in [-0.39, 0.29) is 5.78 Å². The van der Waals surface area contributed by atoms with Crippen LogP contribution in [0.15, 0.2) is 67.0 Å². The Morgan fingerprint density at radius 3 is 2.64 bits per heavy atom. The second kappa shape index (κ2) is 9.53. The lowest BCUT2D eigenvalue weighted by molar-refractivity contribution is 0.104. The fourth-order valence-electron chi connectivity index (χ4n) is 2.59. The summed E-state index contributed by atoms with van der Waals surface area (Å²) in [4.78, 5) is 12.5. The van der Waals surface area contributed by atoms with Crippen LogP contribution in [0.5, 0.6) is 11.5 Å². The molecule has 0 bridgehead atoms. The number of ketones is 1. The first-order valence-corrected chi connectivity index (χ1v) is 8.83. The van der Waals surface area contributed by atoms with E-state index < -0.39 is 0 Å². The summed E-state index contributed by atoms with van der Waals surface area (Å²) in [5, 5.41) is 4.32. The first-order chi connectivity index (χ1) is 13.7. The minimum absolute atomic E-state index is 0.130. The van der Waals surface area contributed by atoms with Crippen molar-refractivity contribution in [3.63, 3.8) is 0 Å². The van der Waals surface area contributed by atoms with Crippen molar-refractivity contribution in [2.45, 2.75) is 0 Å². The summed E-state index contributed by atoms with van der Waals surface area (Å²) < 4.78 is 17.6. The van der Waals surface area contributed by atoms with Crippen LogP contribution in [0.2, 0.25) is 0 Å². The van der Waals surface area contributed by atoms with Gasteiger partial charge in [-0.2, -0.15) is 5.10 Å². The molecule has 0 saturated carbocycles. The number of nitrogens with zero attached hydrogens (tertiary/aromatic N) is 2. The molecule has 144 valence electrons. The summed E-state index contributed by atoms with van der Waals surface area (Å²) in [5.41, 5.74) is 2.31. The average molecular weight is 378 g/mol. The third kappa shape index (κ3) is 4.86. The van der Waals surface area contributed by atoms with Gasteiger partial charge in [0.15, 0.2) is 17.3 Å². The summed E-state index contributed by atoms with van der Waals surface area (Å²) in [6.07, 6.45) is 6.84. The number of allylic oxidation sites excluding steroid dienone is 1. The van der Waals surface area contributed by atoms with Crippen molar-refractivity contribution in [3.8, 4) is 17.2 Å². The van der Waals surface area contributed by atoms with Crippen LogP contribution < -0.4 is 9.47 Å². The first-order valence-electron chi connectivity index (χ1n) is 8.83. The van der Waals surface area contributed by atoms with Gasteiger partial charge in [-0.05, 0) is 42.5 Å². The van der Waals surface area contributed by atoms with Gasteiger partial charge in [-0.25, -0.2) is 4.68 Å². The number of benzene rings is 2. The molecule has 28 heavy (non-hydrogen) atoms. The van der Waals surface area contributed by atoms with E-state index in [0.29, 0.717) is 30.3 Å². The van der Waals surface area contributed by atoms with Gasteiger partial charge in [-0.3, -0.25) is 4.79 Å². The molecule has 3 aromatic rings. The number of methoxy groups -OCH3 is 2. The van der Waals surface area contributed by atoms with Crippen LogP contribution in [0.1, 0.15) is 15.9 Å². The maximum absolute atomic E-state index is 12.5. The monoisotopic (exact) mass is 378 g/mol. The van der Waals surface area contributed by atoms with E-state index in [0.717, 1.165) is 11.3 Å². The van der Waals surface area contributed by atoms with E-state index in [9.17, 15) is 4.79 Å². The van der Waals surface area contributed by atoms with Crippen LogP contribution in [0.25, 0.3) is 11.8 Å². The quantitative estimate of drug-likeness (QED) is 0.322. The molecule has 0 atom stereocenters. The molecule has 1 aromatic heterocycles. The maximum Gasteiger partial charge on any atom is 0.185 e. The number of para-hydroxylation sites is 1. The molecule has 0 aliphatic heterocycles. The van der Waals surface area contributed by atoms with Gasteiger partial charge in [0, 0.05) is 24.4 Å². The molecule has 1 heterocycles. The number of carbonyl (C=O) groups excluding carboxylic acids is 1. The van der Waals surface area contributed by atoms with Crippen LogP contribution in [-0.2, 0) is 4.74 Å². The number of hydrogen-bond donors (Lipinski definition) is 0. The molecule has 0 aliphatic rings. The summed E-state index contributed by atoms with van der Waals surface area (Å²) >= 11 is 0. The molecule has 0 fully saturated rings. The minimum Gasteiger partial charge on any atom is -0.493 e. The summed E-state index contributed by atoms with van der Waals surface area (Å²) in [6, 6.07) is 14.9. The Balaban J connectivity index is 1.69. The number of hydrogen-bond acceptors (Lipinski definition) is 5. The van der Waals surface area contributed by atoms with Crippen molar-refractivity contribution < 1.29 is 19.0 Å². The highest BCUT2D eigenvalue weighted by atomic mass is 16.5. The number of aromatic nitrogens is 2. The zero-order valence-electron chi connectivity index (χ0n) is 15.9. The van der Waals surface area contributed by atoms with Crippen LogP contribution in [0.3, 0.4) is 0 Å². The van der Waals surface area contributed by atoms with Crippen molar-refractivity contribution in [1.29, 1.82) is 0 Å². The van der Waals surface area contributed by atoms with E-state index in [2.05, 4.69) is 5.10 Å². The van der Waals surface area contributed by atoms with Crippen LogP contribution in [0.4, 0.5) is 0 Å². The Labute approximate surface area is 164 Å². The second-order valence-electron chi connectivity index (χ2n) is 5.96. The maximum atomic E-state index is 12.5. The third-order valence-corrected chi connectivity index (χ3v) is 4.04. The smallest absolute Gasteiger partial charge is 0.185 e. The van der Waals surface area contributed by atoms with Gasteiger partial charge >= 0.3 is 0 Å². The van der Waals surface area contributed by atoms with Gasteiger partial charge in [-0.15, -0.1) is 0 Å². The van der Waals surface area contributed by atoms with Gasteiger partial charge in [0.05, 0.1) is 25.6 Å². The molecule has 3 rings (SSSR count). The fraction of sp³-hybridized carbons (Fsp3) is 0.182. The normalized spacial score (nSPS) is 10.9. The highest BCUT2D eigenvalue weighted by Crippen LogP contribution is 2.28. The molecule has 6 heteroatoms. The molecule has 0 amide bonds. The Morgan fingerprint density at radius 1 is 1.07 bits per heavy atom. The standard InChI is InChI=1S/C22H22N2O4/c1-26-12-13-28-21-11-9-18(14-22(21)27-2)20(25)10-8-17-15-23-24(16-17)19-6-4-3-5-7-19/h3-11,14-16H,12-13H2,1-2H3/b10-8+. The Morgan fingerprint density at radius 2 is 1.89 bits per heavy atom. The molecule has 0 unspecified atom stereocenters. The highest BCUT2D eigenvalue weighted by Gasteiger charge is 2.10. The molecule has 6 nitrogen and oxygen atoms in total. The van der Waals surface area contributed by atoms with Crippen LogP contribution in [0, 0.1) is 0 Å². The number of rotatable bonds is 9. The van der Waals surface area contributed by atoms with Crippen molar-refractivity contribution >= 4 is 11.9 Å². The van der Waals surface area contributed by atoms with E-state index in [1.807, 2.05) is 36.5 Å². The van der Waals surface area contributed by atoms with Crippen LogP contribution >= 0.6 is 0 Å². The fourth-order valence-corrected chi connectivity index (χ4v) is 2.59. The van der Waals surface area contributed by atoms with E-state index in [4.69, 9.17) is 14.2 Å². The topological polar surface area (TPSA) is 62.6 Å². The summed E-state index contributed by atoms with van der Waals surface area (Å²) in [7, 11) is 3.15. The molecular formula is C22H22N2O4. The van der Waals surface area contributed by atoms with Crippen LogP contribution in [-0.4, -0.2) is 43.0 Å². The van der Waals surface area contributed by atoms with E-state index in [1.165, 1.54) is 6.08 Å². The van der Waals surface area contributed by atoms with Gasteiger partial charge in [0.1, 0.15) is 6.61 Å². The molecule has 0 N–H and O–H groups in total. The number of ether oxygens (including phenoxy) is 3. The molecule has 0 radical (unpaired) electrons. The molecule has 0 saturated heterocycles. The Hall–Kier alpha value is -3.38. The van der Waals surface area contributed by atoms with Crippen molar-refractivity contribution in [3.05, 3.63) is 78.1 Å². The second-order valence-corrected chi connectivity index (χ2v) is 5.96. The van der Waals surface area contributed by atoms with Gasteiger partial charge in [0.2, 0.25) is 0 Å². The molecule has 0 spiro atoms. The van der Waals surface area contributed by atoms with Gasteiger partial charge in [-0.1, -0.05) is 18.2 Å². The number of carbonyl (C=O) groups is 1. The lowest BCUT2D eigenvalue weighted by atomic mass is 10.1. The molecule has 0 aliphatic carbocycles. The lowest BCUT2D eigenvalue weighted by Crippen LogP contribution is -2.06. The van der Waals surface area contributed by atoms with Crippen molar-refractivity contribution in [2.24, 2.45) is 0 Å². The zero-order valence-corrected chi connectivity index (χ0v) is 15.9.